The zero-order valence-electron chi connectivity index (χ0n) is 13.3. The van der Waals surface area contributed by atoms with Gasteiger partial charge in [-0.05, 0) is 36.8 Å². The molecule has 0 aliphatic carbocycles. The molecule has 0 saturated heterocycles. The van der Waals surface area contributed by atoms with Crippen LogP contribution >= 0.6 is 0 Å². The Balaban J connectivity index is 2.02. The van der Waals surface area contributed by atoms with Gasteiger partial charge in [-0.15, -0.1) is 0 Å². The van der Waals surface area contributed by atoms with Gasteiger partial charge in [0.2, 0.25) is 0 Å². The largest absolute Gasteiger partial charge is 0.467 e. The fourth-order valence-corrected chi connectivity index (χ4v) is 2.07. The van der Waals surface area contributed by atoms with Gasteiger partial charge in [0.15, 0.2) is 0 Å². The molecule has 0 radical (unpaired) electrons. The number of rotatable bonds is 7. The molecule has 1 N–H and O–H groups in total. The second-order valence-electron chi connectivity index (χ2n) is 5.03. The zero-order chi connectivity index (χ0) is 17.4. The van der Waals surface area contributed by atoms with E-state index >= 15 is 0 Å². The van der Waals surface area contributed by atoms with Crippen molar-refractivity contribution in [3.05, 3.63) is 59.8 Å². The third-order valence-electron chi connectivity index (χ3n) is 3.19. The first-order valence-corrected chi connectivity index (χ1v) is 7.53. The smallest absolute Gasteiger partial charge is 0.325 e. The van der Waals surface area contributed by atoms with Crippen molar-refractivity contribution in [2.45, 2.75) is 20.0 Å². The predicted octanol–water partition coefficient (Wildman–Crippen LogP) is 2.69. The lowest BCUT2D eigenvalue weighted by molar-refractivity contribution is -0.141. The number of nitrogens with one attached hydrogen (secondary N) is 1. The Morgan fingerprint density at radius 3 is 2.58 bits per heavy atom. The number of esters is 1. The number of halogens is 1. The fraction of sp³-hybridized carbons (Fsp3) is 0.294. The van der Waals surface area contributed by atoms with Crippen LogP contribution in [0.1, 0.15) is 18.2 Å². The first-order valence-electron chi connectivity index (χ1n) is 7.53. The van der Waals surface area contributed by atoms with Crippen molar-refractivity contribution in [2.24, 2.45) is 0 Å². The molecule has 0 saturated carbocycles. The van der Waals surface area contributed by atoms with Gasteiger partial charge in [0.1, 0.15) is 18.1 Å². The molecule has 128 valence electrons. The standard InChI is InChI=1S/C17H19FN2O4/c1-2-23-16(21)10-19-17(22)20(12-15-4-3-9-24-15)11-13-5-7-14(18)8-6-13/h3-9H,2,10-12H2,1H3,(H,19,22). The van der Waals surface area contributed by atoms with E-state index in [2.05, 4.69) is 5.32 Å². The number of nitrogens with zero attached hydrogens (tertiary/aromatic N) is 1. The van der Waals surface area contributed by atoms with E-state index < -0.39 is 12.0 Å². The maximum Gasteiger partial charge on any atom is 0.325 e. The molecule has 0 aliphatic rings. The summed E-state index contributed by atoms with van der Waals surface area (Å²) in [5, 5.41) is 2.51. The molecule has 7 heteroatoms. The number of carbonyl (C=O) groups excluding carboxylic acids is 2. The van der Waals surface area contributed by atoms with Gasteiger partial charge in [0.05, 0.1) is 19.4 Å². The SMILES string of the molecule is CCOC(=O)CNC(=O)N(Cc1ccc(F)cc1)Cc1ccco1. The number of hydrogen-bond acceptors (Lipinski definition) is 4. The summed E-state index contributed by atoms with van der Waals surface area (Å²) in [4.78, 5) is 25.2. The number of urea groups is 1. The Morgan fingerprint density at radius 1 is 1.21 bits per heavy atom. The van der Waals surface area contributed by atoms with Crippen molar-refractivity contribution < 1.29 is 23.1 Å². The van der Waals surface area contributed by atoms with Crippen LogP contribution in [0.15, 0.2) is 47.1 Å². The molecule has 2 amide bonds. The normalized spacial score (nSPS) is 10.2. The Hall–Kier alpha value is -2.83. The number of hydrogen-bond donors (Lipinski definition) is 1. The summed E-state index contributed by atoms with van der Waals surface area (Å²) in [5.74, 6) is -0.253. The quantitative estimate of drug-likeness (QED) is 0.790. The molecule has 6 nitrogen and oxygen atoms in total. The molecule has 0 bridgehead atoms. The van der Waals surface area contributed by atoms with Gasteiger partial charge in [0.25, 0.3) is 0 Å². The Morgan fingerprint density at radius 2 is 1.96 bits per heavy atom. The number of benzene rings is 1. The summed E-state index contributed by atoms with van der Waals surface area (Å²) in [6.45, 7) is 2.19. The minimum absolute atomic E-state index is 0.218. The first-order chi connectivity index (χ1) is 11.6. The molecule has 24 heavy (non-hydrogen) atoms. The van der Waals surface area contributed by atoms with E-state index in [0.29, 0.717) is 5.76 Å². The van der Waals surface area contributed by atoms with Crippen LogP contribution in [0.3, 0.4) is 0 Å². The van der Waals surface area contributed by atoms with E-state index in [0.717, 1.165) is 5.56 Å². The summed E-state index contributed by atoms with van der Waals surface area (Å²) in [6.07, 6.45) is 1.52. The molecule has 0 spiro atoms. The van der Waals surface area contributed by atoms with Crippen LogP contribution in [-0.2, 0) is 22.6 Å². The van der Waals surface area contributed by atoms with Crippen molar-refractivity contribution in [1.82, 2.24) is 10.2 Å². The highest BCUT2D eigenvalue weighted by Crippen LogP contribution is 2.11. The Bertz CT molecular complexity index is 656. The lowest BCUT2D eigenvalue weighted by Gasteiger charge is -2.22. The third kappa shape index (κ3) is 5.42. The minimum atomic E-state index is -0.509. The van der Waals surface area contributed by atoms with Crippen molar-refractivity contribution in [3.63, 3.8) is 0 Å². The van der Waals surface area contributed by atoms with E-state index in [9.17, 15) is 14.0 Å². The average molecular weight is 334 g/mol. The fourth-order valence-electron chi connectivity index (χ4n) is 2.07. The molecule has 0 aliphatic heterocycles. The summed E-state index contributed by atoms with van der Waals surface area (Å²) < 4.78 is 23.0. The molecule has 2 aromatic rings. The van der Waals surface area contributed by atoms with E-state index in [1.165, 1.54) is 23.3 Å². The maximum atomic E-state index is 13.0. The second kappa shape index (κ2) is 8.71. The number of furan rings is 1. The minimum Gasteiger partial charge on any atom is -0.467 e. The van der Waals surface area contributed by atoms with Gasteiger partial charge in [-0.2, -0.15) is 0 Å². The summed E-state index contributed by atoms with van der Waals surface area (Å²) in [6, 6.07) is 8.89. The second-order valence-corrected chi connectivity index (χ2v) is 5.03. The molecule has 0 unspecified atom stereocenters. The number of carbonyl (C=O) groups is 2. The van der Waals surface area contributed by atoms with Crippen LogP contribution in [0, 0.1) is 5.82 Å². The molecule has 0 fully saturated rings. The molecular formula is C17H19FN2O4. The first kappa shape index (κ1) is 17.5. The van der Waals surface area contributed by atoms with Gasteiger partial charge in [0, 0.05) is 6.54 Å². The number of amides is 2. The van der Waals surface area contributed by atoms with E-state index in [-0.39, 0.29) is 32.1 Å². The highest BCUT2D eigenvalue weighted by atomic mass is 19.1. The summed E-state index contributed by atoms with van der Waals surface area (Å²) in [7, 11) is 0. The molecule has 0 atom stereocenters. The van der Waals surface area contributed by atoms with Crippen molar-refractivity contribution >= 4 is 12.0 Å². The third-order valence-corrected chi connectivity index (χ3v) is 3.19. The van der Waals surface area contributed by atoms with Gasteiger partial charge in [-0.1, -0.05) is 12.1 Å². The highest BCUT2D eigenvalue weighted by molar-refractivity contribution is 5.80. The highest BCUT2D eigenvalue weighted by Gasteiger charge is 2.17. The molecular weight excluding hydrogens is 315 g/mol. The monoisotopic (exact) mass is 334 g/mol. The Kier molecular flexibility index (Phi) is 6.36. The van der Waals surface area contributed by atoms with Crippen LogP contribution in [0.5, 0.6) is 0 Å². The van der Waals surface area contributed by atoms with Gasteiger partial charge < -0.3 is 19.4 Å². The van der Waals surface area contributed by atoms with Crippen molar-refractivity contribution in [2.75, 3.05) is 13.2 Å². The molecule has 1 aromatic carbocycles. The van der Waals surface area contributed by atoms with Crippen LogP contribution < -0.4 is 5.32 Å². The molecule has 1 heterocycles. The average Bonchev–Trinajstić information content (AvgIpc) is 3.07. The summed E-state index contributed by atoms with van der Waals surface area (Å²) >= 11 is 0. The Labute approximate surface area is 139 Å². The van der Waals surface area contributed by atoms with Crippen LogP contribution in [0.25, 0.3) is 0 Å². The van der Waals surface area contributed by atoms with Crippen LogP contribution in [0.4, 0.5) is 9.18 Å². The van der Waals surface area contributed by atoms with Gasteiger partial charge >= 0.3 is 12.0 Å². The lowest BCUT2D eigenvalue weighted by atomic mass is 10.2. The van der Waals surface area contributed by atoms with Gasteiger partial charge in [-0.3, -0.25) is 4.79 Å². The maximum absolute atomic E-state index is 13.0. The molecule has 2 rings (SSSR count). The van der Waals surface area contributed by atoms with Crippen LogP contribution in [0.2, 0.25) is 0 Å². The topological polar surface area (TPSA) is 71.8 Å². The van der Waals surface area contributed by atoms with E-state index in [1.807, 2.05) is 0 Å². The van der Waals surface area contributed by atoms with Gasteiger partial charge in [-0.25, -0.2) is 9.18 Å². The number of ether oxygens (including phenoxy) is 1. The van der Waals surface area contributed by atoms with Crippen molar-refractivity contribution in [1.29, 1.82) is 0 Å². The zero-order valence-corrected chi connectivity index (χ0v) is 13.3. The summed E-state index contributed by atoms with van der Waals surface area (Å²) in [5.41, 5.74) is 0.759. The van der Waals surface area contributed by atoms with Crippen molar-refractivity contribution in [3.8, 4) is 0 Å². The predicted molar refractivity (Wildman–Crippen MR) is 84.4 cm³/mol. The van der Waals surface area contributed by atoms with Crippen LogP contribution in [-0.4, -0.2) is 30.1 Å². The van der Waals surface area contributed by atoms with E-state index in [1.54, 1.807) is 31.2 Å². The molecule has 1 aromatic heterocycles. The van der Waals surface area contributed by atoms with E-state index in [4.69, 9.17) is 9.15 Å². The lowest BCUT2D eigenvalue weighted by Crippen LogP contribution is -2.41.